The molecule has 1 aromatic carbocycles. The maximum absolute atomic E-state index is 11.9. The first-order chi connectivity index (χ1) is 11.0. The fourth-order valence-corrected chi connectivity index (χ4v) is 2.59. The molecule has 0 unspecified atom stereocenters. The molecule has 1 aromatic heterocycles. The van der Waals surface area contributed by atoms with Crippen molar-refractivity contribution >= 4 is 29.0 Å². The molecule has 0 aliphatic rings. The standard InChI is InChI=1S/C14H14N2O6S/c17-7-11(18)8-23-12-5-9(4-10(6-12)16(20)21)15-14(19)13-2-1-3-22-13/h1-6,11,17-18H,7-8H2,(H,15,19)/t11-/m0/s1. The Labute approximate surface area is 135 Å². The number of hydrogen-bond donors (Lipinski definition) is 3. The first-order valence-corrected chi connectivity index (χ1v) is 7.54. The number of aliphatic hydroxyl groups excluding tert-OH is 2. The summed E-state index contributed by atoms with van der Waals surface area (Å²) in [5, 5.41) is 31.7. The predicted molar refractivity (Wildman–Crippen MR) is 83.6 cm³/mol. The smallest absolute Gasteiger partial charge is 0.291 e. The van der Waals surface area contributed by atoms with E-state index in [9.17, 15) is 20.0 Å². The van der Waals surface area contributed by atoms with Crippen LogP contribution < -0.4 is 5.32 Å². The van der Waals surface area contributed by atoms with E-state index in [1.807, 2.05) is 0 Å². The Kier molecular flexibility index (Phi) is 5.74. The van der Waals surface area contributed by atoms with Gasteiger partial charge in [0.05, 0.1) is 23.9 Å². The minimum atomic E-state index is -0.930. The van der Waals surface area contributed by atoms with E-state index >= 15 is 0 Å². The van der Waals surface area contributed by atoms with Crippen LogP contribution in [0.3, 0.4) is 0 Å². The molecule has 122 valence electrons. The summed E-state index contributed by atoms with van der Waals surface area (Å²) in [5.41, 5.74) is 0.0461. The quantitative estimate of drug-likeness (QED) is 0.400. The van der Waals surface area contributed by atoms with Gasteiger partial charge in [-0.05, 0) is 18.2 Å². The number of carbonyl (C=O) groups excluding carboxylic acids is 1. The topological polar surface area (TPSA) is 126 Å². The molecule has 0 radical (unpaired) electrons. The molecule has 0 bridgehead atoms. The lowest BCUT2D eigenvalue weighted by Gasteiger charge is -2.09. The molecule has 8 nitrogen and oxygen atoms in total. The number of nitro groups is 1. The summed E-state index contributed by atoms with van der Waals surface area (Å²) in [6.45, 7) is -0.399. The molecule has 0 fully saturated rings. The number of nitrogens with zero attached hydrogens (tertiary/aromatic N) is 1. The zero-order valence-electron chi connectivity index (χ0n) is 11.8. The van der Waals surface area contributed by atoms with E-state index in [2.05, 4.69) is 5.32 Å². The van der Waals surface area contributed by atoms with Crippen molar-refractivity contribution < 1.29 is 24.3 Å². The van der Waals surface area contributed by atoms with E-state index in [0.29, 0.717) is 4.90 Å². The van der Waals surface area contributed by atoms with E-state index in [-0.39, 0.29) is 22.9 Å². The van der Waals surface area contributed by atoms with Crippen molar-refractivity contribution in [1.29, 1.82) is 0 Å². The number of carbonyl (C=O) groups is 1. The molecular formula is C14H14N2O6S. The van der Waals surface area contributed by atoms with Crippen LogP contribution in [0.2, 0.25) is 0 Å². The highest BCUT2D eigenvalue weighted by Crippen LogP contribution is 2.28. The number of amides is 1. The van der Waals surface area contributed by atoms with Crippen molar-refractivity contribution in [2.75, 3.05) is 17.7 Å². The third-order valence-electron chi connectivity index (χ3n) is 2.76. The summed E-state index contributed by atoms with van der Waals surface area (Å²) < 4.78 is 4.96. The van der Waals surface area contributed by atoms with Crippen LogP contribution in [0.15, 0.2) is 45.9 Å². The van der Waals surface area contributed by atoms with Crippen LogP contribution >= 0.6 is 11.8 Å². The molecule has 0 saturated heterocycles. The van der Waals surface area contributed by atoms with Gasteiger partial charge in [0.2, 0.25) is 0 Å². The van der Waals surface area contributed by atoms with Gasteiger partial charge in [0.15, 0.2) is 5.76 Å². The van der Waals surface area contributed by atoms with Crippen molar-refractivity contribution in [3.05, 3.63) is 52.5 Å². The van der Waals surface area contributed by atoms with Crippen LogP contribution in [0.5, 0.6) is 0 Å². The number of nitro benzene ring substituents is 1. The Balaban J connectivity index is 2.19. The number of hydrogen-bond acceptors (Lipinski definition) is 7. The number of rotatable bonds is 7. The van der Waals surface area contributed by atoms with E-state index in [1.165, 1.54) is 24.5 Å². The van der Waals surface area contributed by atoms with Crippen LogP contribution in [0, 0.1) is 10.1 Å². The number of aliphatic hydroxyl groups is 2. The molecule has 23 heavy (non-hydrogen) atoms. The lowest BCUT2D eigenvalue weighted by atomic mass is 10.2. The van der Waals surface area contributed by atoms with Gasteiger partial charge in [-0.25, -0.2) is 0 Å². The molecule has 9 heteroatoms. The number of furan rings is 1. The van der Waals surface area contributed by atoms with Crippen molar-refractivity contribution in [3.63, 3.8) is 0 Å². The summed E-state index contributed by atoms with van der Waals surface area (Å²) in [6.07, 6.45) is 0.417. The summed E-state index contributed by atoms with van der Waals surface area (Å²) in [6, 6.07) is 7.13. The summed E-state index contributed by atoms with van der Waals surface area (Å²) >= 11 is 1.13. The Morgan fingerprint density at radius 3 is 2.83 bits per heavy atom. The molecule has 0 spiro atoms. The third kappa shape index (κ3) is 4.81. The summed E-state index contributed by atoms with van der Waals surface area (Å²) in [5.74, 6) is -0.272. The van der Waals surface area contributed by atoms with Gasteiger partial charge >= 0.3 is 0 Å². The lowest BCUT2D eigenvalue weighted by molar-refractivity contribution is -0.385. The predicted octanol–water partition coefficient (Wildman–Crippen LogP) is 1.89. The average molecular weight is 338 g/mol. The molecule has 1 atom stereocenters. The first-order valence-electron chi connectivity index (χ1n) is 6.55. The third-order valence-corrected chi connectivity index (χ3v) is 3.88. The zero-order valence-corrected chi connectivity index (χ0v) is 12.7. The van der Waals surface area contributed by atoms with Crippen LogP contribution in [0.1, 0.15) is 10.6 Å². The second kappa shape index (κ2) is 7.77. The van der Waals surface area contributed by atoms with E-state index in [0.717, 1.165) is 11.8 Å². The second-order valence-corrected chi connectivity index (χ2v) is 5.64. The van der Waals surface area contributed by atoms with Crippen molar-refractivity contribution in [2.45, 2.75) is 11.0 Å². The fraction of sp³-hybridized carbons (Fsp3) is 0.214. The highest BCUT2D eigenvalue weighted by atomic mass is 32.2. The molecule has 2 aromatic rings. The Bertz CT molecular complexity index is 689. The van der Waals surface area contributed by atoms with Crippen molar-refractivity contribution in [1.82, 2.24) is 0 Å². The van der Waals surface area contributed by atoms with Crippen molar-refractivity contribution in [3.8, 4) is 0 Å². The molecule has 1 heterocycles. The molecular weight excluding hydrogens is 324 g/mol. The maximum atomic E-state index is 11.9. The van der Waals surface area contributed by atoms with Gasteiger partial charge in [0, 0.05) is 28.5 Å². The van der Waals surface area contributed by atoms with Crippen LogP contribution in [-0.2, 0) is 0 Å². The minimum Gasteiger partial charge on any atom is -0.459 e. The van der Waals surface area contributed by atoms with Gasteiger partial charge < -0.3 is 19.9 Å². The normalized spacial score (nSPS) is 11.9. The SMILES string of the molecule is O=C(Nc1cc(SC[C@@H](O)CO)cc([N+](=O)[O-])c1)c1ccco1. The largest absolute Gasteiger partial charge is 0.459 e. The van der Waals surface area contributed by atoms with Gasteiger partial charge in [-0.15, -0.1) is 11.8 Å². The van der Waals surface area contributed by atoms with Gasteiger partial charge in [-0.3, -0.25) is 14.9 Å². The Morgan fingerprint density at radius 1 is 1.43 bits per heavy atom. The first kappa shape index (κ1) is 17.0. The van der Waals surface area contributed by atoms with E-state index in [4.69, 9.17) is 9.52 Å². The molecule has 1 amide bonds. The van der Waals surface area contributed by atoms with Gasteiger partial charge in [0.25, 0.3) is 11.6 Å². The maximum Gasteiger partial charge on any atom is 0.291 e. The molecule has 0 aliphatic carbocycles. The summed E-state index contributed by atoms with van der Waals surface area (Å²) in [7, 11) is 0. The highest BCUT2D eigenvalue weighted by Gasteiger charge is 2.15. The molecule has 0 saturated carbocycles. The highest BCUT2D eigenvalue weighted by molar-refractivity contribution is 7.99. The van der Waals surface area contributed by atoms with Gasteiger partial charge in [-0.2, -0.15) is 0 Å². The Morgan fingerprint density at radius 2 is 2.22 bits per heavy atom. The van der Waals surface area contributed by atoms with E-state index in [1.54, 1.807) is 12.1 Å². The second-order valence-electron chi connectivity index (χ2n) is 4.55. The van der Waals surface area contributed by atoms with Crippen LogP contribution in [0.4, 0.5) is 11.4 Å². The van der Waals surface area contributed by atoms with Crippen molar-refractivity contribution in [2.24, 2.45) is 0 Å². The molecule has 3 N–H and O–H groups in total. The molecule has 2 rings (SSSR count). The summed E-state index contributed by atoms with van der Waals surface area (Å²) in [4.78, 5) is 22.8. The zero-order chi connectivity index (χ0) is 16.8. The van der Waals surface area contributed by atoms with Crippen LogP contribution in [-0.4, -0.2) is 39.5 Å². The number of non-ortho nitro benzene ring substituents is 1. The number of anilines is 1. The fourth-order valence-electron chi connectivity index (χ4n) is 1.69. The monoisotopic (exact) mass is 338 g/mol. The average Bonchev–Trinajstić information content (AvgIpc) is 3.06. The van der Waals surface area contributed by atoms with Gasteiger partial charge in [0.1, 0.15) is 0 Å². The lowest BCUT2D eigenvalue weighted by Crippen LogP contribution is -2.14. The minimum absolute atomic E-state index is 0.0846. The number of thioether (sulfide) groups is 1. The number of benzene rings is 1. The molecule has 0 aliphatic heterocycles. The van der Waals surface area contributed by atoms with Gasteiger partial charge in [-0.1, -0.05) is 0 Å². The Hall–Kier alpha value is -2.36. The number of nitrogens with one attached hydrogen (secondary N) is 1. The van der Waals surface area contributed by atoms with Crippen LogP contribution in [0.25, 0.3) is 0 Å². The van der Waals surface area contributed by atoms with E-state index < -0.39 is 23.5 Å².